The Balaban J connectivity index is 5.07. The summed E-state index contributed by atoms with van der Waals surface area (Å²) >= 11 is 3.74. The van der Waals surface area contributed by atoms with Crippen LogP contribution in [0.25, 0.3) is 0 Å². The number of nitrogens with zero attached hydrogens (tertiary/aromatic N) is 1. The van der Waals surface area contributed by atoms with Crippen LogP contribution in [0, 0.1) is 0 Å². The van der Waals surface area contributed by atoms with Gasteiger partial charge in [0.05, 0.1) is 18.8 Å². The molecule has 0 saturated heterocycles. The zero-order chi connectivity index (χ0) is 21.5. The van der Waals surface area contributed by atoms with Gasteiger partial charge in [-0.1, -0.05) is 0 Å². The number of nitrogens with two attached hydrogens (primary N) is 2. The fraction of sp³-hybridized carbons (Fsp3) is 0.688. The fourth-order valence-electron chi connectivity index (χ4n) is 2.26. The van der Waals surface area contributed by atoms with E-state index in [1.165, 1.54) is 0 Å². The predicted octanol–water partition coefficient (Wildman–Crippen LogP) is -2.18. The number of nitrogens with one attached hydrogen (secondary N) is 2. The zero-order valence-electron chi connectivity index (χ0n) is 15.7. The van der Waals surface area contributed by atoms with Crippen molar-refractivity contribution < 1.29 is 29.1 Å². The van der Waals surface area contributed by atoms with Crippen LogP contribution in [-0.2, 0) is 24.0 Å². The van der Waals surface area contributed by atoms with E-state index in [0.717, 1.165) is 0 Å². The van der Waals surface area contributed by atoms with Crippen LogP contribution in [0.15, 0.2) is 0 Å². The smallest absolute Gasteiger partial charge is 0.326 e. The topological polar surface area (TPSA) is 185 Å². The van der Waals surface area contributed by atoms with Gasteiger partial charge >= 0.3 is 5.97 Å². The van der Waals surface area contributed by atoms with E-state index in [2.05, 4.69) is 23.3 Å². The van der Waals surface area contributed by atoms with Crippen molar-refractivity contribution in [3.63, 3.8) is 0 Å². The molecule has 0 heterocycles. The molecule has 0 fully saturated rings. The van der Waals surface area contributed by atoms with E-state index in [9.17, 15) is 29.1 Å². The second-order valence-corrected chi connectivity index (χ2v) is 6.22. The molecule has 0 aromatic carbocycles. The Hall–Kier alpha value is -2.18. The molecule has 7 N–H and O–H groups in total. The van der Waals surface area contributed by atoms with Crippen molar-refractivity contribution in [3.8, 4) is 0 Å². The van der Waals surface area contributed by atoms with Crippen LogP contribution >= 0.6 is 12.6 Å². The maximum atomic E-state index is 12.5. The monoisotopic (exact) mass is 419 g/mol. The van der Waals surface area contributed by atoms with E-state index >= 15 is 0 Å². The van der Waals surface area contributed by atoms with Gasteiger partial charge in [-0.2, -0.15) is 12.6 Å². The summed E-state index contributed by atoms with van der Waals surface area (Å²) in [7, 11) is 0. The summed E-state index contributed by atoms with van der Waals surface area (Å²) in [4.78, 5) is 60.0. The number of thiol groups is 1. The van der Waals surface area contributed by atoms with E-state index in [1.807, 2.05) is 0 Å². The van der Waals surface area contributed by atoms with E-state index < -0.39 is 42.2 Å². The summed E-state index contributed by atoms with van der Waals surface area (Å²) in [5.41, 5.74) is 10.8. The molecule has 0 aliphatic rings. The molecule has 11 nitrogen and oxygen atoms in total. The number of imide groups is 1. The molecular weight excluding hydrogens is 390 g/mol. The molecule has 0 saturated carbocycles. The number of aliphatic carboxylic acids is 1. The van der Waals surface area contributed by atoms with Crippen LogP contribution in [0.1, 0.15) is 32.1 Å². The second kappa shape index (κ2) is 14.8. The Kier molecular flexibility index (Phi) is 13.7. The Morgan fingerprint density at radius 1 is 0.893 bits per heavy atom. The molecule has 28 heavy (non-hydrogen) atoms. The van der Waals surface area contributed by atoms with Crippen LogP contribution in [0.3, 0.4) is 0 Å². The summed E-state index contributed by atoms with van der Waals surface area (Å²) in [6.07, 6.45) is 1.22. The lowest BCUT2D eigenvalue weighted by Crippen LogP contribution is -2.52. The summed E-state index contributed by atoms with van der Waals surface area (Å²) < 4.78 is 0. The highest BCUT2D eigenvalue weighted by Crippen LogP contribution is 2.12. The summed E-state index contributed by atoms with van der Waals surface area (Å²) in [6.45, 7) is -0.382. The average molecular weight is 420 g/mol. The van der Waals surface area contributed by atoms with Crippen LogP contribution < -0.4 is 22.1 Å². The SMILES string of the molecule is NCCCC[C@@H](C(=O)O)N(C(=O)CCCN)C(=O)CNC(=O)CNC(=O)CS. The second-order valence-electron chi connectivity index (χ2n) is 5.90. The molecule has 0 rings (SSSR count). The van der Waals surface area contributed by atoms with Crippen molar-refractivity contribution in [3.05, 3.63) is 0 Å². The highest BCUT2D eigenvalue weighted by atomic mass is 32.1. The number of hydrogen-bond acceptors (Lipinski definition) is 8. The molecule has 0 radical (unpaired) electrons. The summed E-state index contributed by atoms with van der Waals surface area (Å²) in [5, 5.41) is 14.0. The normalized spacial score (nSPS) is 11.4. The molecule has 4 amide bonds. The number of carbonyl (C=O) groups is 5. The van der Waals surface area contributed by atoms with Crippen molar-refractivity contribution in [2.24, 2.45) is 11.5 Å². The van der Waals surface area contributed by atoms with Crippen LogP contribution in [0.4, 0.5) is 0 Å². The van der Waals surface area contributed by atoms with E-state index in [4.69, 9.17) is 11.5 Å². The number of carboxylic acids is 1. The molecule has 0 bridgehead atoms. The van der Waals surface area contributed by atoms with Crippen molar-refractivity contribution in [2.45, 2.75) is 38.1 Å². The van der Waals surface area contributed by atoms with Crippen molar-refractivity contribution in [1.29, 1.82) is 0 Å². The summed E-state index contributed by atoms with van der Waals surface area (Å²) in [5.74, 6) is -4.07. The van der Waals surface area contributed by atoms with Gasteiger partial charge in [0.1, 0.15) is 6.04 Å². The first-order valence-corrected chi connectivity index (χ1v) is 9.53. The number of unbranched alkanes of at least 4 members (excludes halogenated alkanes) is 1. The molecule has 0 aliphatic heterocycles. The zero-order valence-corrected chi connectivity index (χ0v) is 16.6. The summed E-state index contributed by atoms with van der Waals surface area (Å²) in [6, 6.07) is -1.36. The van der Waals surface area contributed by atoms with Gasteiger partial charge in [0.25, 0.3) is 0 Å². The van der Waals surface area contributed by atoms with Gasteiger partial charge in [-0.25, -0.2) is 4.79 Å². The quantitative estimate of drug-likeness (QED) is 0.136. The van der Waals surface area contributed by atoms with Gasteiger partial charge < -0.3 is 27.2 Å². The predicted molar refractivity (Wildman–Crippen MR) is 104 cm³/mol. The molecule has 0 aromatic rings. The Labute approximate surface area is 169 Å². The third-order valence-electron chi connectivity index (χ3n) is 3.69. The van der Waals surface area contributed by atoms with Crippen molar-refractivity contribution in [1.82, 2.24) is 15.5 Å². The minimum Gasteiger partial charge on any atom is -0.480 e. The molecule has 12 heteroatoms. The first kappa shape index (κ1) is 25.8. The van der Waals surface area contributed by atoms with E-state index in [1.54, 1.807) is 0 Å². The van der Waals surface area contributed by atoms with Crippen LogP contribution in [-0.4, -0.2) is 77.6 Å². The van der Waals surface area contributed by atoms with Gasteiger partial charge in [-0.05, 0) is 38.8 Å². The number of hydrogen-bond donors (Lipinski definition) is 6. The number of carbonyl (C=O) groups excluding carboxylic acids is 4. The van der Waals surface area contributed by atoms with Crippen LogP contribution in [0.5, 0.6) is 0 Å². The number of carboxylic acid groups (broad SMARTS) is 1. The Bertz CT molecular complexity index is 560. The molecular formula is C16H29N5O6S. The molecule has 1 atom stereocenters. The average Bonchev–Trinajstić information content (AvgIpc) is 2.67. The maximum absolute atomic E-state index is 12.5. The number of rotatable bonds is 14. The fourth-order valence-corrected chi connectivity index (χ4v) is 2.37. The highest BCUT2D eigenvalue weighted by molar-refractivity contribution is 7.81. The Morgan fingerprint density at radius 3 is 2.04 bits per heavy atom. The van der Waals surface area contributed by atoms with Crippen molar-refractivity contribution >= 4 is 42.2 Å². The lowest BCUT2D eigenvalue weighted by molar-refractivity contribution is -0.158. The van der Waals surface area contributed by atoms with Gasteiger partial charge in [0.2, 0.25) is 23.6 Å². The van der Waals surface area contributed by atoms with E-state index in [0.29, 0.717) is 30.7 Å². The highest BCUT2D eigenvalue weighted by Gasteiger charge is 2.33. The van der Waals surface area contributed by atoms with Gasteiger partial charge in [-0.3, -0.25) is 24.1 Å². The standard InChI is InChI=1S/C16H29N5O6S/c17-6-2-1-4-11(16(26)27)21(14(24)5-3-7-18)15(25)9-20-12(22)8-19-13(23)10-28/h11,28H,1-10,17-18H2,(H,19,23)(H,20,22)(H,26,27)/t11-/m0/s1. The van der Waals surface area contributed by atoms with Crippen LogP contribution in [0.2, 0.25) is 0 Å². The molecule has 0 unspecified atom stereocenters. The largest absolute Gasteiger partial charge is 0.480 e. The maximum Gasteiger partial charge on any atom is 0.326 e. The van der Waals surface area contributed by atoms with Gasteiger partial charge in [0, 0.05) is 6.42 Å². The molecule has 0 spiro atoms. The first-order valence-electron chi connectivity index (χ1n) is 8.90. The lowest BCUT2D eigenvalue weighted by atomic mass is 10.1. The molecule has 0 aromatic heterocycles. The lowest BCUT2D eigenvalue weighted by Gasteiger charge is -2.27. The Morgan fingerprint density at radius 2 is 1.50 bits per heavy atom. The number of amides is 4. The van der Waals surface area contributed by atoms with Gasteiger partial charge in [-0.15, -0.1) is 0 Å². The minimum absolute atomic E-state index is 0.0542. The third-order valence-corrected chi connectivity index (χ3v) is 3.97. The van der Waals surface area contributed by atoms with Gasteiger partial charge in [0.15, 0.2) is 0 Å². The third kappa shape index (κ3) is 10.2. The van der Waals surface area contributed by atoms with Crippen molar-refractivity contribution in [2.75, 3.05) is 31.9 Å². The first-order chi connectivity index (χ1) is 13.3. The van der Waals surface area contributed by atoms with E-state index in [-0.39, 0.29) is 31.7 Å². The minimum atomic E-state index is -1.36. The molecule has 0 aliphatic carbocycles. The molecule has 160 valence electrons.